The number of fused-ring (bicyclic) bond motifs is 1. The molecule has 0 saturated carbocycles. The van der Waals surface area contributed by atoms with Crippen LogP contribution in [-0.2, 0) is 11.8 Å². The van der Waals surface area contributed by atoms with Gasteiger partial charge < -0.3 is 14.3 Å². The van der Waals surface area contributed by atoms with E-state index in [-0.39, 0.29) is 0 Å². The SMILES string of the molecule is CCCCCCCCCCCCCCCCOc1c2nc(SCC=O)nc(OC)c2nn1C. The number of aldehydes is 1. The number of nitrogens with zero attached hydrogens (tertiary/aromatic N) is 4. The maximum Gasteiger partial charge on any atom is 0.246 e. The normalized spacial score (nSPS) is 11.2. The predicted molar refractivity (Wildman–Crippen MR) is 135 cm³/mol. The molecule has 0 bridgehead atoms. The number of hydrogen-bond donors (Lipinski definition) is 0. The molecule has 0 atom stereocenters. The summed E-state index contributed by atoms with van der Waals surface area (Å²) in [4.78, 5) is 19.5. The molecule has 0 radical (unpaired) electrons. The summed E-state index contributed by atoms with van der Waals surface area (Å²) in [5.74, 6) is 1.31. The lowest BCUT2D eigenvalue weighted by molar-refractivity contribution is -0.105. The van der Waals surface area contributed by atoms with E-state index >= 15 is 0 Å². The summed E-state index contributed by atoms with van der Waals surface area (Å²) in [6, 6.07) is 0. The van der Waals surface area contributed by atoms with Gasteiger partial charge >= 0.3 is 0 Å². The summed E-state index contributed by atoms with van der Waals surface area (Å²) in [7, 11) is 3.39. The number of methoxy groups -OCH3 is 1. The Labute approximate surface area is 203 Å². The number of aryl methyl sites for hydroxylation is 1. The van der Waals surface area contributed by atoms with Crippen molar-refractivity contribution in [2.75, 3.05) is 19.5 Å². The maximum atomic E-state index is 10.7. The Balaban J connectivity index is 1.62. The molecule has 2 aromatic rings. The fraction of sp³-hybridized carbons (Fsp3) is 0.760. The molecule has 0 aliphatic rings. The highest BCUT2D eigenvalue weighted by molar-refractivity contribution is 7.99. The molecule has 2 aromatic heterocycles. The van der Waals surface area contributed by atoms with Gasteiger partial charge in [0.2, 0.25) is 11.8 Å². The van der Waals surface area contributed by atoms with Gasteiger partial charge in [-0.2, -0.15) is 10.1 Å². The first-order valence-corrected chi connectivity index (χ1v) is 13.7. The van der Waals surface area contributed by atoms with Crippen molar-refractivity contribution in [3.63, 3.8) is 0 Å². The van der Waals surface area contributed by atoms with E-state index in [0.29, 0.717) is 40.3 Å². The number of rotatable bonds is 20. The Morgan fingerprint density at radius 2 is 1.42 bits per heavy atom. The Morgan fingerprint density at radius 1 is 0.848 bits per heavy atom. The number of thioether (sulfide) groups is 1. The molecule has 33 heavy (non-hydrogen) atoms. The summed E-state index contributed by atoms with van der Waals surface area (Å²) in [6.45, 7) is 2.91. The van der Waals surface area contributed by atoms with Crippen molar-refractivity contribution in [3.05, 3.63) is 0 Å². The highest BCUT2D eigenvalue weighted by Gasteiger charge is 2.19. The molecule has 186 valence electrons. The molecule has 2 rings (SSSR count). The van der Waals surface area contributed by atoms with Gasteiger partial charge in [0, 0.05) is 7.05 Å². The number of ether oxygens (including phenoxy) is 2. The van der Waals surface area contributed by atoms with Crippen molar-refractivity contribution >= 4 is 29.1 Å². The molecular formula is C25H42N4O3S. The zero-order valence-corrected chi connectivity index (χ0v) is 21.6. The van der Waals surface area contributed by atoms with E-state index < -0.39 is 0 Å². The van der Waals surface area contributed by atoms with E-state index in [1.807, 2.05) is 7.05 Å². The minimum absolute atomic E-state index is 0.296. The molecule has 0 aliphatic heterocycles. The smallest absolute Gasteiger partial charge is 0.246 e. The zero-order chi connectivity index (χ0) is 23.7. The molecule has 0 fully saturated rings. The summed E-state index contributed by atoms with van der Waals surface area (Å²) in [5.41, 5.74) is 1.20. The Bertz CT molecular complexity index is 813. The quantitative estimate of drug-likeness (QED) is 0.0927. The van der Waals surface area contributed by atoms with Crippen LogP contribution in [-0.4, -0.2) is 45.5 Å². The molecule has 0 aliphatic carbocycles. The van der Waals surface area contributed by atoms with Gasteiger partial charge in [-0.15, -0.1) is 0 Å². The highest BCUT2D eigenvalue weighted by Crippen LogP contribution is 2.31. The fourth-order valence-electron chi connectivity index (χ4n) is 3.95. The minimum Gasteiger partial charge on any atom is -0.479 e. The Morgan fingerprint density at radius 3 is 1.97 bits per heavy atom. The fourth-order valence-corrected chi connectivity index (χ4v) is 4.47. The van der Waals surface area contributed by atoms with Crippen LogP contribution in [0, 0.1) is 0 Å². The molecule has 0 aromatic carbocycles. The van der Waals surface area contributed by atoms with Gasteiger partial charge in [-0.3, -0.25) is 0 Å². The third kappa shape index (κ3) is 9.90. The molecule has 0 spiro atoms. The predicted octanol–water partition coefficient (Wildman–Crippen LogP) is 6.52. The zero-order valence-electron chi connectivity index (χ0n) is 20.8. The number of hydrogen-bond acceptors (Lipinski definition) is 7. The second-order valence-electron chi connectivity index (χ2n) is 8.56. The van der Waals surface area contributed by atoms with Crippen LogP contribution >= 0.6 is 11.8 Å². The van der Waals surface area contributed by atoms with Crippen molar-refractivity contribution in [2.24, 2.45) is 7.05 Å². The van der Waals surface area contributed by atoms with Crippen LogP contribution in [0.2, 0.25) is 0 Å². The molecule has 0 unspecified atom stereocenters. The average molecular weight is 479 g/mol. The van der Waals surface area contributed by atoms with Crippen molar-refractivity contribution in [3.8, 4) is 11.8 Å². The van der Waals surface area contributed by atoms with Crippen molar-refractivity contribution in [1.82, 2.24) is 19.7 Å². The van der Waals surface area contributed by atoms with E-state index in [2.05, 4.69) is 22.0 Å². The van der Waals surface area contributed by atoms with E-state index in [1.54, 1.807) is 11.8 Å². The van der Waals surface area contributed by atoms with Crippen LogP contribution in [0.3, 0.4) is 0 Å². The lowest BCUT2D eigenvalue weighted by Crippen LogP contribution is -2.03. The first-order valence-electron chi connectivity index (χ1n) is 12.7. The van der Waals surface area contributed by atoms with E-state index in [0.717, 1.165) is 12.7 Å². The second-order valence-corrected chi connectivity index (χ2v) is 9.55. The van der Waals surface area contributed by atoms with Gasteiger partial charge in [0.15, 0.2) is 16.2 Å². The largest absolute Gasteiger partial charge is 0.479 e. The molecule has 0 N–H and O–H groups in total. The number of aromatic nitrogens is 4. The third-order valence-electron chi connectivity index (χ3n) is 5.79. The summed E-state index contributed by atoms with van der Waals surface area (Å²) in [6.07, 6.45) is 19.5. The first-order chi connectivity index (χ1) is 16.2. The van der Waals surface area contributed by atoms with Crippen LogP contribution in [0.25, 0.3) is 11.0 Å². The second kappa shape index (κ2) is 16.7. The van der Waals surface area contributed by atoms with Crippen molar-refractivity contribution < 1.29 is 14.3 Å². The lowest BCUT2D eigenvalue weighted by Gasteiger charge is -2.07. The standard InChI is InChI=1S/C25H42N4O3S/c1-4-5-6-7-8-9-10-11-12-13-14-15-16-17-19-32-24-22-21(28-29(24)2)23(31-3)27-25(26-22)33-20-18-30/h18H,4-17,19-20H2,1-3H3. The summed E-state index contributed by atoms with van der Waals surface area (Å²) in [5, 5.41) is 4.94. The van der Waals surface area contributed by atoms with Crippen LogP contribution in [0.1, 0.15) is 96.8 Å². The van der Waals surface area contributed by atoms with Gasteiger partial charge in [-0.25, -0.2) is 9.67 Å². The van der Waals surface area contributed by atoms with Crippen molar-refractivity contribution in [2.45, 2.75) is 102 Å². The maximum absolute atomic E-state index is 10.7. The highest BCUT2D eigenvalue weighted by atomic mass is 32.2. The molecule has 7 nitrogen and oxygen atoms in total. The average Bonchev–Trinajstić information content (AvgIpc) is 3.14. The van der Waals surface area contributed by atoms with Crippen molar-refractivity contribution in [1.29, 1.82) is 0 Å². The minimum atomic E-state index is 0.296. The van der Waals surface area contributed by atoms with Gasteiger partial charge in [0.25, 0.3) is 0 Å². The van der Waals surface area contributed by atoms with E-state index in [4.69, 9.17) is 9.47 Å². The lowest BCUT2D eigenvalue weighted by atomic mass is 10.0. The van der Waals surface area contributed by atoms with Gasteiger partial charge in [-0.1, -0.05) is 102 Å². The topological polar surface area (TPSA) is 79.1 Å². The van der Waals surface area contributed by atoms with Crippen LogP contribution < -0.4 is 9.47 Å². The first kappa shape index (κ1) is 27.4. The van der Waals surface area contributed by atoms with Crippen LogP contribution in [0.5, 0.6) is 11.8 Å². The molecule has 8 heteroatoms. The molecular weight excluding hydrogens is 436 g/mol. The number of unbranched alkanes of at least 4 members (excludes halogenated alkanes) is 13. The van der Waals surface area contributed by atoms with Gasteiger partial charge in [0.1, 0.15) is 6.29 Å². The van der Waals surface area contributed by atoms with E-state index in [1.165, 1.54) is 95.2 Å². The Kier molecular flexibility index (Phi) is 13.9. The van der Waals surface area contributed by atoms with Crippen LogP contribution in [0.15, 0.2) is 5.16 Å². The summed E-state index contributed by atoms with van der Waals surface area (Å²) < 4.78 is 13.1. The number of carbonyl (C=O) groups excluding carboxylic acids is 1. The van der Waals surface area contributed by atoms with Gasteiger partial charge in [-0.05, 0) is 6.42 Å². The molecule has 0 saturated heterocycles. The Hall–Kier alpha value is -1.83. The van der Waals surface area contributed by atoms with E-state index in [9.17, 15) is 4.79 Å². The van der Waals surface area contributed by atoms with Gasteiger partial charge in [0.05, 0.1) is 19.5 Å². The molecule has 2 heterocycles. The molecule has 0 amide bonds. The summed E-state index contributed by atoms with van der Waals surface area (Å²) >= 11 is 1.27. The van der Waals surface area contributed by atoms with Crippen LogP contribution in [0.4, 0.5) is 0 Å². The monoisotopic (exact) mass is 478 g/mol. The number of carbonyl (C=O) groups is 1. The third-order valence-corrected chi connectivity index (χ3v) is 6.53.